The number of allylic oxidation sites excluding steroid dienone is 4. The normalized spacial score (nSPS) is 13.9. The molecule has 0 bridgehead atoms. The summed E-state index contributed by atoms with van der Waals surface area (Å²) in [5, 5.41) is 0. The molecule has 0 aromatic carbocycles. The van der Waals surface area contributed by atoms with Crippen molar-refractivity contribution in [3.63, 3.8) is 0 Å². The molecule has 0 aliphatic carbocycles. The van der Waals surface area contributed by atoms with Gasteiger partial charge in [-0.25, -0.2) is 0 Å². The van der Waals surface area contributed by atoms with E-state index in [0.717, 1.165) is 6.42 Å². The predicted octanol–water partition coefficient (Wildman–Crippen LogP) is 5.37. The zero-order chi connectivity index (χ0) is 11.0. The van der Waals surface area contributed by atoms with Crippen molar-refractivity contribution >= 4 is 11.8 Å². The minimum atomic E-state index is 0.660. The Hall–Kier alpha value is -0.170. The van der Waals surface area contributed by atoms with Gasteiger partial charge in [-0.05, 0) is 35.5 Å². The van der Waals surface area contributed by atoms with Gasteiger partial charge in [0.15, 0.2) is 0 Å². The van der Waals surface area contributed by atoms with Crippen LogP contribution in [0.15, 0.2) is 22.0 Å². The van der Waals surface area contributed by atoms with E-state index in [1.54, 1.807) is 0 Å². The summed E-state index contributed by atoms with van der Waals surface area (Å²) in [6, 6.07) is 0. The van der Waals surface area contributed by atoms with Gasteiger partial charge in [-0.2, -0.15) is 0 Å². The highest BCUT2D eigenvalue weighted by Gasteiger charge is 2.05. The van der Waals surface area contributed by atoms with Gasteiger partial charge in [0.2, 0.25) is 0 Å². The van der Waals surface area contributed by atoms with Gasteiger partial charge in [0.1, 0.15) is 0 Å². The summed E-state index contributed by atoms with van der Waals surface area (Å²) in [5.74, 6) is 0.660. The molecule has 0 aromatic heterocycles. The third kappa shape index (κ3) is 5.54. The van der Waals surface area contributed by atoms with E-state index in [4.69, 9.17) is 0 Å². The third-order valence-electron chi connectivity index (χ3n) is 2.12. The van der Waals surface area contributed by atoms with E-state index in [0.29, 0.717) is 5.92 Å². The Morgan fingerprint density at radius 1 is 1.29 bits per heavy atom. The van der Waals surface area contributed by atoms with E-state index in [1.165, 1.54) is 22.7 Å². The SMILES string of the molecule is C/C=C(/CC)S/C(=C/CCC)C(C)C. The standard InChI is InChI=1S/C13H24S/c1-6-9-10-13(11(4)5)14-12(7-2)8-3/h7,10-11H,6,8-9H2,1-5H3/b12-7-,13-10+. The minimum absolute atomic E-state index is 0.660. The second-order valence-corrected chi connectivity index (χ2v) is 4.96. The van der Waals surface area contributed by atoms with Crippen molar-refractivity contribution in [1.82, 2.24) is 0 Å². The second-order valence-electron chi connectivity index (χ2n) is 3.76. The van der Waals surface area contributed by atoms with Crippen LogP contribution in [0.4, 0.5) is 0 Å². The molecule has 0 unspecified atom stereocenters. The highest BCUT2D eigenvalue weighted by molar-refractivity contribution is 8.06. The quantitative estimate of drug-likeness (QED) is 0.570. The molecule has 0 heterocycles. The highest BCUT2D eigenvalue weighted by atomic mass is 32.2. The average molecular weight is 212 g/mol. The second kappa shape index (κ2) is 8.16. The maximum Gasteiger partial charge on any atom is -0.0120 e. The first-order valence-corrected chi connectivity index (χ1v) is 6.50. The Kier molecular flexibility index (Phi) is 8.07. The molecule has 0 aliphatic rings. The van der Waals surface area contributed by atoms with Crippen molar-refractivity contribution in [2.24, 2.45) is 5.92 Å². The molecule has 82 valence electrons. The summed E-state index contributed by atoms with van der Waals surface area (Å²) in [5.41, 5.74) is 0. The molecule has 0 nitrogen and oxygen atoms in total. The lowest BCUT2D eigenvalue weighted by Gasteiger charge is -2.12. The van der Waals surface area contributed by atoms with Crippen molar-refractivity contribution in [2.45, 2.75) is 53.9 Å². The van der Waals surface area contributed by atoms with E-state index in [1.807, 2.05) is 11.8 Å². The molecule has 14 heavy (non-hydrogen) atoms. The molecule has 0 N–H and O–H groups in total. The number of hydrogen-bond donors (Lipinski definition) is 0. The van der Waals surface area contributed by atoms with Crippen LogP contribution in [0.1, 0.15) is 53.9 Å². The molecule has 0 rings (SSSR count). The fourth-order valence-corrected chi connectivity index (χ4v) is 2.17. The van der Waals surface area contributed by atoms with Crippen LogP contribution >= 0.6 is 11.8 Å². The van der Waals surface area contributed by atoms with Gasteiger partial charge >= 0.3 is 0 Å². The van der Waals surface area contributed by atoms with E-state index in [9.17, 15) is 0 Å². The van der Waals surface area contributed by atoms with E-state index >= 15 is 0 Å². The van der Waals surface area contributed by atoms with Crippen molar-refractivity contribution in [1.29, 1.82) is 0 Å². The summed E-state index contributed by atoms with van der Waals surface area (Å²) in [6.07, 6.45) is 8.23. The predicted molar refractivity (Wildman–Crippen MR) is 69.5 cm³/mol. The Morgan fingerprint density at radius 3 is 2.29 bits per heavy atom. The van der Waals surface area contributed by atoms with Crippen molar-refractivity contribution in [3.8, 4) is 0 Å². The number of rotatable bonds is 6. The van der Waals surface area contributed by atoms with Crippen molar-refractivity contribution in [2.75, 3.05) is 0 Å². The van der Waals surface area contributed by atoms with Gasteiger partial charge in [0.05, 0.1) is 0 Å². The van der Waals surface area contributed by atoms with E-state index < -0.39 is 0 Å². The smallest absolute Gasteiger partial charge is 0.0120 e. The molecule has 1 heteroatoms. The highest BCUT2D eigenvalue weighted by Crippen LogP contribution is 2.32. The van der Waals surface area contributed by atoms with E-state index in [2.05, 4.69) is 46.8 Å². The fourth-order valence-electron chi connectivity index (χ4n) is 1.17. The van der Waals surface area contributed by atoms with E-state index in [-0.39, 0.29) is 0 Å². The molecule has 0 fully saturated rings. The summed E-state index contributed by atoms with van der Waals surface area (Å²) in [4.78, 5) is 3.02. The molecule has 0 aliphatic heterocycles. The lowest BCUT2D eigenvalue weighted by molar-refractivity contribution is 0.804. The molecule has 0 radical (unpaired) electrons. The summed E-state index contributed by atoms with van der Waals surface area (Å²) < 4.78 is 0. The third-order valence-corrected chi connectivity index (χ3v) is 3.78. The molecule has 0 saturated heterocycles. The van der Waals surface area contributed by atoms with Crippen LogP contribution in [0.5, 0.6) is 0 Å². The Labute approximate surface area is 93.9 Å². The largest absolute Gasteiger partial charge is 0.0994 e. The van der Waals surface area contributed by atoms with Crippen LogP contribution < -0.4 is 0 Å². The number of thioether (sulfide) groups is 1. The van der Waals surface area contributed by atoms with Gasteiger partial charge in [-0.3, -0.25) is 0 Å². The maximum atomic E-state index is 2.40. The van der Waals surface area contributed by atoms with Gasteiger partial charge in [-0.1, -0.05) is 58.0 Å². The minimum Gasteiger partial charge on any atom is -0.0994 e. The van der Waals surface area contributed by atoms with Gasteiger partial charge in [0, 0.05) is 0 Å². The number of unbranched alkanes of at least 4 members (excludes halogenated alkanes) is 1. The maximum absolute atomic E-state index is 2.40. The zero-order valence-corrected chi connectivity index (χ0v) is 11.1. The van der Waals surface area contributed by atoms with Crippen LogP contribution in [0.2, 0.25) is 0 Å². The van der Waals surface area contributed by atoms with Crippen molar-refractivity contribution < 1.29 is 0 Å². The van der Waals surface area contributed by atoms with Crippen LogP contribution in [0.3, 0.4) is 0 Å². The first-order chi connectivity index (χ1) is 6.65. The van der Waals surface area contributed by atoms with Crippen LogP contribution in [0, 0.1) is 5.92 Å². The molecule has 0 saturated carbocycles. The fraction of sp³-hybridized carbons (Fsp3) is 0.692. The molecule has 0 atom stereocenters. The first-order valence-electron chi connectivity index (χ1n) is 5.68. The molecular formula is C13H24S. The molecule has 0 aromatic rings. The van der Waals surface area contributed by atoms with Gasteiger partial charge in [0.25, 0.3) is 0 Å². The Morgan fingerprint density at radius 2 is 1.93 bits per heavy atom. The average Bonchev–Trinajstić information content (AvgIpc) is 2.18. The first kappa shape index (κ1) is 13.8. The monoisotopic (exact) mass is 212 g/mol. The van der Waals surface area contributed by atoms with Crippen LogP contribution in [-0.4, -0.2) is 0 Å². The summed E-state index contributed by atoms with van der Waals surface area (Å²) >= 11 is 1.96. The lowest BCUT2D eigenvalue weighted by atomic mass is 10.2. The topological polar surface area (TPSA) is 0 Å². The van der Waals surface area contributed by atoms with Crippen LogP contribution in [0.25, 0.3) is 0 Å². The van der Waals surface area contributed by atoms with Gasteiger partial charge in [-0.15, -0.1) is 0 Å². The lowest BCUT2D eigenvalue weighted by Crippen LogP contribution is -1.90. The molecule has 0 amide bonds. The Bertz CT molecular complexity index is 199. The Balaban J connectivity index is 4.37. The van der Waals surface area contributed by atoms with Gasteiger partial charge < -0.3 is 0 Å². The molecular weight excluding hydrogens is 188 g/mol. The summed E-state index contributed by atoms with van der Waals surface area (Å²) in [7, 11) is 0. The number of hydrogen-bond acceptors (Lipinski definition) is 1. The zero-order valence-electron chi connectivity index (χ0n) is 10.3. The van der Waals surface area contributed by atoms with Crippen LogP contribution in [-0.2, 0) is 0 Å². The summed E-state index contributed by atoms with van der Waals surface area (Å²) in [6.45, 7) is 11.1. The van der Waals surface area contributed by atoms with Crippen molar-refractivity contribution in [3.05, 3.63) is 22.0 Å². The molecule has 0 spiro atoms.